The van der Waals surface area contributed by atoms with Gasteiger partial charge in [0.25, 0.3) is 0 Å². The number of hydrogen-bond acceptors (Lipinski definition) is 3. The van der Waals surface area contributed by atoms with E-state index in [-0.39, 0.29) is 18.3 Å². The molecule has 0 bridgehead atoms. The molecule has 0 radical (unpaired) electrons. The van der Waals surface area contributed by atoms with E-state index in [2.05, 4.69) is 6.07 Å². The lowest BCUT2D eigenvalue weighted by atomic mass is 9.86. The largest absolute Gasteiger partial charge is 0.491 e. The molecule has 1 aromatic carbocycles. The number of carbonyl (C=O) groups excluding carboxylic acids is 1. The summed E-state index contributed by atoms with van der Waals surface area (Å²) in [6.45, 7) is 0.879. The molecular weight excluding hydrogens is 271 g/mol. The first-order chi connectivity index (χ1) is 10.2. The molecule has 1 aliphatic heterocycles. The molecule has 1 aromatic rings. The van der Waals surface area contributed by atoms with E-state index in [4.69, 9.17) is 4.74 Å². The first kappa shape index (κ1) is 13.9. The van der Waals surface area contributed by atoms with Crippen molar-refractivity contribution in [3.8, 4) is 11.8 Å². The van der Waals surface area contributed by atoms with Gasteiger partial charge in [0, 0.05) is 5.56 Å². The van der Waals surface area contributed by atoms with Crippen molar-refractivity contribution in [1.29, 1.82) is 5.26 Å². The molecule has 3 rings (SSSR count). The van der Waals surface area contributed by atoms with Gasteiger partial charge in [0.2, 0.25) is 5.91 Å². The number of halogens is 1. The van der Waals surface area contributed by atoms with E-state index in [9.17, 15) is 14.4 Å². The third kappa shape index (κ3) is 2.35. The summed E-state index contributed by atoms with van der Waals surface area (Å²) in [4.78, 5) is 14.3. The Balaban J connectivity index is 1.89. The van der Waals surface area contributed by atoms with Gasteiger partial charge in [-0.3, -0.25) is 4.79 Å². The first-order valence-corrected chi connectivity index (χ1v) is 7.27. The molecule has 4 nitrogen and oxygen atoms in total. The first-order valence-electron chi connectivity index (χ1n) is 7.27. The SMILES string of the molecule is N#CC1(C(=O)N2CCOc3cccc(F)c3C2)CCCC1. The average Bonchev–Trinajstić information content (AvgIpc) is 2.88. The van der Waals surface area contributed by atoms with Gasteiger partial charge >= 0.3 is 0 Å². The third-order valence-electron chi connectivity index (χ3n) is 4.41. The highest BCUT2D eigenvalue weighted by Gasteiger charge is 2.44. The summed E-state index contributed by atoms with van der Waals surface area (Å²) >= 11 is 0. The van der Waals surface area contributed by atoms with Crippen LogP contribution in [0.1, 0.15) is 31.2 Å². The Labute approximate surface area is 123 Å². The molecule has 0 unspecified atom stereocenters. The van der Waals surface area contributed by atoms with Crippen LogP contribution in [0.15, 0.2) is 18.2 Å². The smallest absolute Gasteiger partial charge is 0.243 e. The van der Waals surface area contributed by atoms with Gasteiger partial charge in [0.15, 0.2) is 0 Å². The van der Waals surface area contributed by atoms with E-state index < -0.39 is 5.41 Å². The molecule has 110 valence electrons. The normalized spacial score (nSPS) is 20.1. The molecule has 1 saturated carbocycles. The number of fused-ring (bicyclic) bond motifs is 1. The number of hydrogen-bond donors (Lipinski definition) is 0. The summed E-state index contributed by atoms with van der Waals surface area (Å²) in [6.07, 6.45) is 3.00. The highest BCUT2D eigenvalue weighted by atomic mass is 19.1. The lowest BCUT2D eigenvalue weighted by Crippen LogP contribution is -2.42. The molecule has 1 fully saturated rings. The summed E-state index contributed by atoms with van der Waals surface area (Å²) < 4.78 is 19.5. The molecule has 1 heterocycles. The second kappa shape index (κ2) is 5.36. The molecule has 0 atom stereocenters. The van der Waals surface area contributed by atoms with E-state index in [1.165, 1.54) is 6.07 Å². The zero-order chi connectivity index (χ0) is 14.9. The lowest BCUT2D eigenvalue weighted by Gasteiger charge is -2.28. The number of nitriles is 1. The van der Waals surface area contributed by atoms with E-state index >= 15 is 0 Å². The van der Waals surface area contributed by atoms with Crippen LogP contribution in [0.5, 0.6) is 5.75 Å². The molecule has 0 saturated heterocycles. The van der Waals surface area contributed by atoms with Gasteiger partial charge in [-0.25, -0.2) is 4.39 Å². The van der Waals surface area contributed by atoms with Gasteiger partial charge in [-0.15, -0.1) is 0 Å². The van der Waals surface area contributed by atoms with Gasteiger partial charge < -0.3 is 9.64 Å². The fraction of sp³-hybridized carbons (Fsp3) is 0.500. The van der Waals surface area contributed by atoms with Gasteiger partial charge in [0.05, 0.1) is 19.2 Å². The molecular formula is C16H17FN2O2. The summed E-state index contributed by atoms with van der Waals surface area (Å²) in [5.41, 5.74) is -0.523. The van der Waals surface area contributed by atoms with Crippen LogP contribution in [-0.2, 0) is 11.3 Å². The van der Waals surface area contributed by atoms with Crippen LogP contribution in [0, 0.1) is 22.6 Å². The van der Waals surface area contributed by atoms with E-state index in [1.807, 2.05) is 0 Å². The molecule has 1 amide bonds. The van der Waals surface area contributed by atoms with Gasteiger partial charge in [-0.05, 0) is 25.0 Å². The molecule has 0 N–H and O–H groups in total. The predicted octanol–water partition coefficient (Wildman–Crippen LogP) is 2.63. The Morgan fingerprint density at radius 3 is 2.86 bits per heavy atom. The number of amides is 1. The summed E-state index contributed by atoms with van der Waals surface area (Å²) in [7, 11) is 0. The van der Waals surface area contributed by atoms with Crippen LogP contribution in [0.4, 0.5) is 4.39 Å². The Morgan fingerprint density at radius 1 is 1.38 bits per heavy atom. The van der Waals surface area contributed by atoms with Crippen molar-refractivity contribution in [3.63, 3.8) is 0 Å². The third-order valence-corrected chi connectivity index (χ3v) is 4.41. The standard InChI is InChI=1S/C16H17FN2O2/c17-13-4-3-5-14-12(13)10-19(8-9-21-14)15(20)16(11-18)6-1-2-7-16/h3-5H,1-2,6-10H2. The van der Waals surface area contributed by atoms with E-state index in [0.717, 1.165) is 12.8 Å². The van der Waals surface area contributed by atoms with Crippen molar-refractivity contribution < 1.29 is 13.9 Å². The molecule has 0 spiro atoms. The maximum atomic E-state index is 14.0. The summed E-state index contributed by atoms with van der Waals surface area (Å²) in [5, 5.41) is 9.43. The summed E-state index contributed by atoms with van der Waals surface area (Å²) in [6, 6.07) is 6.88. The molecule has 0 aromatic heterocycles. The molecule has 5 heteroatoms. The van der Waals surface area contributed by atoms with Gasteiger partial charge in [-0.1, -0.05) is 18.9 Å². The number of ether oxygens (including phenoxy) is 1. The lowest BCUT2D eigenvalue weighted by molar-refractivity contribution is -0.139. The van der Waals surface area contributed by atoms with Crippen LogP contribution in [0.2, 0.25) is 0 Å². The molecule has 2 aliphatic rings. The van der Waals surface area contributed by atoms with Crippen LogP contribution >= 0.6 is 0 Å². The van der Waals surface area contributed by atoms with Gasteiger partial charge in [-0.2, -0.15) is 5.26 Å². The van der Waals surface area contributed by atoms with Crippen molar-refractivity contribution in [2.75, 3.05) is 13.2 Å². The minimum absolute atomic E-state index is 0.171. The van der Waals surface area contributed by atoms with Crippen molar-refractivity contribution >= 4 is 5.91 Å². The van der Waals surface area contributed by atoms with Crippen LogP contribution in [0.25, 0.3) is 0 Å². The predicted molar refractivity (Wildman–Crippen MR) is 73.8 cm³/mol. The number of rotatable bonds is 1. The van der Waals surface area contributed by atoms with Crippen molar-refractivity contribution in [2.24, 2.45) is 5.41 Å². The van der Waals surface area contributed by atoms with Crippen molar-refractivity contribution in [3.05, 3.63) is 29.6 Å². The van der Waals surface area contributed by atoms with Crippen LogP contribution < -0.4 is 4.74 Å². The monoisotopic (exact) mass is 288 g/mol. The fourth-order valence-corrected chi connectivity index (χ4v) is 3.19. The Hall–Kier alpha value is -2.09. The van der Waals surface area contributed by atoms with Crippen LogP contribution in [-0.4, -0.2) is 24.0 Å². The average molecular weight is 288 g/mol. The Morgan fingerprint density at radius 2 is 2.14 bits per heavy atom. The maximum absolute atomic E-state index is 14.0. The van der Waals surface area contributed by atoms with E-state index in [0.29, 0.717) is 37.3 Å². The highest BCUT2D eigenvalue weighted by molar-refractivity contribution is 5.86. The number of nitrogens with zero attached hydrogens (tertiary/aromatic N) is 2. The fourth-order valence-electron chi connectivity index (χ4n) is 3.19. The highest BCUT2D eigenvalue weighted by Crippen LogP contribution is 2.40. The maximum Gasteiger partial charge on any atom is 0.243 e. The van der Waals surface area contributed by atoms with Crippen LogP contribution in [0.3, 0.4) is 0 Å². The van der Waals surface area contributed by atoms with E-state index in [1.54, 1.807) is 17.0 Å². The topological polar surface area (TPSA) is 53.3 Å². The zero-order valence-corrected chi connectivity index (χ0v) is 11.8. The Kier molecular flexibility index (Phi) is 3.54. The molecule has 21 heavy (non-hydrogen) atoms. The quantitative estimate of drug-likeness (QED) is 0.798. The Bertz CT molecular complexity index is 603. The second-order valence-electron chi connectivity index (χ2n) is 5.69. The summed E-state index contributed by atoms with van der Waals surface area (Å²) in [5.74, 6) is -0.0606. The minimum Gasteiger partial charge on any atom is -0.491 e. The van der Waals surface area contributed by atoms with Crippen molar-refractivity contribution in [1.82, 2.24) is 4.90 Å². The number of carbonyl (C=O) groups is 1. The molecule has 1 aliphatic carbocycles. The number of benzene rings is 1. The van der Waals surface area contributed by atoms with Crippen molar-refractivity contribution in [2.45, 2.75) is 32.2 Å². The zero-order valence-electron chi connectivity index (χ0n) is 11.8. The minimum atomic E-state index is -0.921. The second-order valence-corrected chi connectivity index (χ2v) is 5.69. The van der Waals surface area contributed by atoms with Gasteiger partial charge in [0.1, 0.15) is 23.6 Å².